The van der Waals surface area contributed by atoms with Crippen LogP contribution in [-0.4, -0.2) is 22.8 Å². The highest BCUT2D eigenvalue weighted by Crippen LogP contribution is 2.14. The molecule has 0 spiro atoms. The van der Waals surface area contributed by atoms with E-state index < -0.39 is 11.7 Å². The first-order valence-electron chi connectivity index (χ1n) is 4.27. The zero-order chi connectivity index (χ0) is 9.78. The van der Waals surface area contributed by atoms with Crippen LogP contribution in [0.1, 0.15) is 40.5 Å². The van der Waals surface area contributed by atoms with E-state index in [9.17, 15) is 4.79 Å². The topological polar surface area (TPSA) is 46.5 Å². The van der Waals surface area contributed by atoms with E-state index in [1.165, 1.54) is 0 Å². The maximum absolute atomic E-state index is 11.0. The van der Waals surface area contributed by atoms with Gasteiger partial charge in [-0.25, -0.2) is 0 Å². The highest BCUT2D eigenvalue weighted by Gasteiger charge is 2.20. The average molecular weight is 174 g/mol. The highest BCUT2D eigenvalue weighted by atomic mass is 16.6. The summed E-state index contributed by atoms with van der Waals surface area (Å²) in [5.41, 5.74) is -0.411. The van der Waals surface area contributed by atoms with Gasteiger partial charge in [-0.2, -0.15) is 0 Å². The molecule has 1 atom stereocenters. The molecule has 3 heteroatoms. The molecule has 1 unspecified atom stereocenters. The zero-order valence-electron chi connectivity index (χ0n) is 8.26. The Morgan fingerprint density at radius 2 is 2.08 bits per heavy atom. The van der Waals surface area contributed by atoms with Gasteiger partial charge in [0.05, 0.1) is 12.5 Å². The van der Waals surface area contributed by atoms with Gasteiger partial charge in [0.25, 0.3) is 0 Å². The van der Waals surface area contributed by atoms with Gasteiger partial charge in [0.15, 0.2) is 0 Å². The Kier molecular flexibility index (Phi) is 4.24. The lowest BCUT2D eigenvalue weighted by Gasteiger charge is -2.23. The number of rotatable bonds is 4. The Morgan fingerprint density at radius 3 is 2.42 bits per heavy atom. The minimum Gasteiger partial charge on any atom is -0.460 e. The molecule has 0 aliphatic rings. The molecule has 0 aromatic rings. The third-order valence-electron chi connectivity index (χ3n) is 1.70. The van der Waals surface area contributed by atoms with Crippen molar-refractivity contribution in [3.8, 4) is 0 Å². The van der Waals surface area contributed by atoms with Gasteiger partial charge in [0, 0.05) is 0 Å². The number of aliphatic hydroxyl groups excluding tert-OH is 1. The summed E-state index contributed by atoms with van der Waals surface area (Å²) in [6.45, 7) is 7.23. The smallest absolute Gasteiger partial charge is 0.308 e. The van der Waals surface area contributed by atoms with Crippen LogP contribution in [-0.2, 0) is 9.53 Å². The molecule has 0 aliphatic heterocycles. The fraction of sp³-hybridized carbons (Fsp3) is 0.889. The van der Waals surface area contributed by atoms with Gasteiger partial charge < -0.3 is 9.84 Å². The van der Waals surface area contributed by atoms with Gasteiger partial charge in [-0.15, -0.1) is 0 Å². The lowest BCUT2D eigenvalue weighted by Crippen LogP contribution is -2.28. The lowest BCUT2D eigenvalue weighted by molar-refractivity contribution is -0.158. The van der Waals surface area contributed by atoms with E-state index in [-0.39, 0.29) is 12.4 Å². The van der Waals surface area contributed by atoms with Crippen molar-refractivity contribution in [2.45, 2.75) is 52.2 Å². The third-order valence-corrected chi connectivity index (χ3v) is 1.70. The standard InChI is InChI=1S/C9H18O3/c1-5-9(3,4)12-8(11)6-7(2)10/h7,10H,5-6H2,1-4H3. The van der Waals surface area contributed by atoms with Crippen molar-refractivity contribution in [2.75, 3.05) is 0 Å². The molecular formula is C9H18O3. The molecule has 0 saturated carbocycles. The monoisotopic (exact) mass is 174 g/mol. The third kappa shape index (κ3) is 5.13. The number of aliphatic hydroxyl groups is 1. The summed E-state index contributed by atoms with van der Waals surface area (Å²) >= 11 is 0. The van der Waals surface area contributed by atoms with Crippen LogP contribution < -0.4 is 0 Å². The quantitative estimate of drug-likeness (QED) is 0.657. The van der Waals surface area contributed by atoms with Crippen molar-refractivity contribution < 1.29 is 14.6 Å². The van der Waals surface area contributed by atoms with E-state index in [2.05, 4.69) is 0 Å². The molecule has 0 aliphatic carbocycles. The number of carbonyl (C=O) groups excluding carboxylic acids is 1. The molecule has 72 valence electrons. The van der Waals surface area contributed by atoms with Gasteiger partial charge >= 0.3 is 5.97 Å². The molecule has 0 aromatic carbocycles. The highest BCUT2D eigenvalue weighted by molar-refractivity contribution is 5.70. The second-order valence-corrected chi connectivity index (χ2v) is 3.64. The number of hydrogen-bond acceptors (Lipinski definition) is 3. The molecule has 0 bridgehead atoms. The van der Waals surface area contributed by atoms with E-state index in [4.69, 9.17) is 9.84 Å². The van der Waals surface area contributed by atoms with Crippen molar-refractivity contribution in [3.63, 3.8) is 0 Å². The number of ether oxygens (including phenoxy) is 1. The van der Waals surface area contributed by atoms with Crippen LogP contribution in [0.5, 0.6) is 0 Å². The predicted octanol–water partition coefficient (Wildman–Crippen LogP) is 1.49. The summed E-state index contributed by atoms with van der Waals surface area (Å²) in [4.78, 5) is 11.0. The number of carbonyl (C=O) groups is 1. The SMILES string of the molecule is CCC(C)(C)OC(=O)CC(C)O. The molecular weight excluding hydrogens is 156 g/mol. The maximum atomic E-state index is 11.0. The van der Waals surface area contributed by atoms with Gasteiger partial charge in [-0.05, 0) is 27.2 Å². The lowest BCUT2D eigenvalue weighted by atomic mass is 10.1. The summed E-state index contributed by atoms with van der Waals surface area (Å²) in [5.74, 6) is -0.336. The van der Waals surface area contributed by atoms with Crippen LogP contribution >= 0.6 is 0 Å². The molecule has 1 N–H and O–H groups in total. The summed E-state index contributed by atoms with van der Waals surface area (Å²) in [6.07, 6.45) is 0.229. The van der Waals surface area contributed by atoms with Gasteiger partial charge in [-0.1, -0.05) is 6.92 Å². The molecule has 0 amide bonds. The summed E-state index contributed by atoms with van der Waals surface area (Å²) < 4.78 is 5.10. The van der Waals surface area contributed by atoms with E-state index in [0.29, 0.717) is 0 Å². The minimum absolute atomic E-state index is 0.0728. The van der Waals surface area contributed by atoms with E-state index in [1.807, 2.05) is 20.8 Å². The normalized spacial score (nSPS) is 14.1. The summed E-state index contributed by atoms with van der Waals surface area (Å²) in [6, 6.07) is 0. The molecule has 0 aromatic heterocycles. The Hall–Kier alpha value is -0.570. The summed E-state index contributed by atoms with van der Waals surface area (Å²) in [5, 5.41) is 8.89. The van der Waals surface area contributed by atoms with Crippen molar-refractivity contribution in [1.82, 2.24) is 0 Å². The fourth-order valence-corrected chi connectivity index (χ4v) is 0.663. The average Bonchev–Trinajstić information content (AvgIpc) is 1.84. The van der Waals surface area contributed by atoms with Crippen molar-refractivity contribution in [3.05, 3.63) is 0 Å². The first kappa shape index (κ1) is 11.4. The Morgan fingerprint density at radius 1 is 1.58 bits per heavy atom. The molecule has 0 heterocycles. The second-order valence-electron chi connectivity index (χ2n) is 3.64. The second kappa shape index (κ2) is 4.45. The summed E-state index contributed by atoms with van der Waals surface area (Å²) in [7, 11) is 0. The van der Waals surface area contributed by atoms with Crippen LogP contribution in [0.2, 0.25) is 0 Å². The molecule has 0 fully saturated rings. The largest absolute Gasteiger partial charge is 0.460 e. The first-order chi connectivity index (χ1) is 5.37. The van der Waals surface area contributed by atoms with Crippen molar-refractivity contribution >= 4 is 5.97 Å². The molecule has 0 radical (unpaired) electrons. The van der Waals surface area contributed by atoms with Crippen LogP contribution in [0.25, 0.3) is 0 Å². The molecule has 0 rings (SSSR count). The number of hydrogen-bond donors (Lipinski definition) is 1. The zero-order valence-corrected chi connectivity index (χ0v) is 8.26. The van der Waals surface area contributed by atoms with Crippen LogP contribution in [0, 0.1) is 0 Å². The van der Waals surface area contributed by atoms with Crippen molar-refractivity contribution in [1.29, 1.82) is 0 Å². The Bertz CT molecular complexity index is 150. The predicted molar refractivity (Wildman–Crippen MR) is 46.8 cm³/mol. The fourth-order valence-electron chi connectivity index (χ4n) is 0.663. The van der Waals surface area contributed by atoms with E-state index in [0.717, 1.165) is 6.42 Å². The molecule has 0 saturated heterocycles. The Balaban J connectivity index is 3.84. The Labute approximate surface area is 73.7 Å². The van der Waals surface area contributed by atoms with Gasteiger partial charge in [0.2, 0.25) is 0 Å². The van der Waals surface area contributed by atoms with E-state index >= 15 is 0 Å². The van der Waals surface area contributed by atoms with Crippen LogP contribution in [0.15, 0.2) is 0 Å². The first-order valence-corrected chi connectivity index (χ1v) is 4.27. The maximum Gasteiger partial charge on any atom is 0.308 e. The van der Waals surface area contributed by atoms with Gasteiger partial charge in [0.1, 0.15) is 5.60 Å². The molecule has 3 nitrogen and oxygen atoms in total. The number of esters is 1. The van der Waals surface area contributed by atoms with Crippen LogP contribution in [0.4, 0.5) is 0 Å². The van der Waals surface area contributed by atoms with Crippen LogP contribution in [0.3, 0.4) is 0 Å². The van der Waals surface area contributed by atoms with E-state index in [1.54, 1.807) is 6.92 Å². The molecule has 12 heavy (non-hydrogen) atoms. The minimum atomic E-state index is -0.620. The van der Waals surface area contributed by atoms with Crippen molar-refractivity contribution in [2.24, 2.45) is 0 Å². The van der Waals surface area contributed by atoms with Gasteiger partial charge in [-0.3, -0.25) is 4.79 Å².